The normalized spacial score (nSPS) is 35.3. The molecule has 1 aromatic carbocycles. The van der Waals surface area contributed by atoms with Crippen LogP contribution >= 0.6 is 35.7 Å². The van der Waals surface area contributed by atoms with Crippen molar-refractivity contribution in [1.29, 1.82) is 0 Å². The van der Waals surface area contributed by atoms with Crippen molar-refractivity contribution in [3.05, 3.63) is 123 Å². The van der Waals surface area contributed by atoms with Gasteiger partial charge in [-0.2, -0.15) is 0 Å². The van der Waals surface area contributed by atoms with Crippen molar-refractivity contribution in [2.45, 2.75) is 148 Å². The fourth-order valence-electron chi connectivity index (χ4n) is 16.2. The number of fused-ring (bicyclic) bond motifs is 8. The second-order valence-electron chi connectivity index (χ2n) is 25.4. The van der Waals surface area contributed by atoms with Gasteiger partial charge in [-0.25, -0.2) is 14.4 Å². The maximum Gasteiger partial charge on any atom is 0.345 e. The summed E-state index contributed by atoms with van der Waals surface area (Å²) in [4.78, 5) is 73.5. The minimum atomic E-state index is -1.27. The van der Waals surface area contributed by atoms with E-state index in [9.17, 15) is 39.3 Å². The molecule has 2 aliphatic heterocycles. The van der Waals surface area contributed by atoms with Crippen molar-refractivity contribution in [2.24, 2.45) is 57.2 Å². The topological polar surface area (TPSA) is 244 Å². The van der Waals surface area contributed by atoms with Gasteiger partial charge in [0.25, 0.3) is 0 Å². The van der Waals surface area contributed by atoms with Gasteiger partial charge >= 0.3 is 29.2 Å². The van der Waals surface area contributed by atoms with Crippen LogP contribution in [0.1, 0.15) is 141 Å². The van der Waals surface area contributed by atoms with Crippen LogP contribution in [0.4, 0.5) is 0 Å². The minimum Gasteiger partial charge on any atom is -0.484 e. The van der Waals surface area contributed by atoms with Crippen molar-refractivity contribution >= 4 is 53.6 Å². The number of hydrogen-bond acceptors (Lipinski definition) is 18. The number of ether oxygens (including phenoxy) is 5. The number of rotatable bonds is 9. The van der Waals surface area contributed by atoms with Crippen LogP contribution in [0.15, 0.2) is 109 Å². The Hall–Kier alpha value is -5.61. The number of aliphatic hydroxyl groups excluding tert-OH is 3. The molecule has 4 aromatic heterocycles. The first-order chi connectivity index (χ1) is 38.7. The van der Waals surface area contributed by atoms with Crippen molar-refractivity contribution in [3.63, 3.8) is 0 Å². The molecule has 17 nitrogen and oxygen atoms in total. The summed E-state index contributed by atoms with van der Waals surface area (Å²) in [7, 11) is 0. The zero-order valence-electron chi connectivity index (χ0n) is 49.0. The lowest BCUT2D eigenvalue weighted by Crippen LogP contribution is -2.70. The molecule has 4 unspecified atom stereocenters. The smallest absolute Gasteiger partial charge is 0.345 e. The summed E-state index contributed by atoms with van der Waals surface area (Å²) in [6.45, 7) is 19.7. The molecular weight excluding hydrogens is 1200 g/mol. The van der Waals surface area contributed by atoms with E-state index in [0.717, 1.165) is 30.6 Å². The molecule has 4 fully saturated rings. The SMILES string of the molecule is CC(=O)OC[C@]1(C)C2C[C@H](O)[C@@]3(C)Oc4cc(-c5cccnc5)oc(=O)c4[C@H](O)C3[C@@]2(C)CC[C@@H]1C.CSc1cccc(C(=O)O[C@H]2CC3[C@](C)(CC[C@H](C)[C@]3(C)COC(C)=O)C3[C@@H](O)c4c(cc(-c5cccnc5)oc4=O)O[C@@]32C)c1.I. The molecule has 0 spiro atoms. The third kappa shape index (κ3) is 10.5. The predicted octanol–water partition coefficient (Wildman–Crippen LogP) is 11.0. The Balaban J connectivity index is 0.000000203. The molecule has 19 heteroatoms. The van der Waals surface area contributed by atoms with Crippen molar-refractivity contribution < 1.29 is 62.2 Å². The Labute approximate surface area is 505 Å². The van der Waals surface area contributed by atoms with Crippen LogP contribution in [-0.4, -0.2) is 86.1 Å². The highest BCUT2D eigenvalue weighted by Crippen LogP contribution is 2.70. The van der Waals surface area contributed by atoms with Crippen molar-refractivity contribution in [2.75, 3.05) is 19.5 Å². The number of pyridine rings is 2. The van der Waals surface area contributed by atoms with Gasteiger partial charge in [0.1, 0.15) is 51.5 Å². The summed E-state index contributed by atoms with van der Waals surface area (Å²) < 4.78 is 42.2. The lowest BCUT2D eigenvalue weighted by atomic mass is 9.41. The van der Waals surface area contributed by atoms with Crippen LogP contribution in [0.5, 0.6) is 11.5 Å². The van der Waals surface area contributed by atoms with E-state index in [-0.39, 0.29) is 107 Å². The van der Waals surface area contributed by atoms with E-state index in [1.54, 1.807) is 73.3 Å². The fraction of sp³-hybridized carbons (Fsp3) is 0.547. The van der Waals surface area contributed by atoms with E-state index in [4.69, 9.17) is 32.5 Å². The highest BCUT2D eigenvalue weighted by atomic mass is 127. The Morgan fingerprint density at radius 3 is 1.59 bits per heavy atom. The van der Waals surface area contributed by atoms with Gasteiger partial charge in [0.15, 0.2) is 0 Å². The van der Waals surface area contributed by atoms with E-state index >= 15 is 0 Å². The van der Waals surface area contributed by atoms with Crippen LogP contribution in [0, 0.1) is 57.2 Å². The third-order valence-corrected chi connectivity index (χ3v) is 21.7. The molecule has 16 atom stereocenters. The van der Waals surface area contributed by atoms with E-state index in [1.165, 1.54) is 25.6 Å². The fourth-order valence-corrected chi connectivity index (χ4v) is 16.7. The van der Waals surface area contributed by atoms with Gasteiger partial charge in [-0.3, -0.25) is 19.6 Å². The zero-order chi connectivity index (χ0) is 59.1. The highest BCUT2D eigenvalue weighted by molar-refractivity contribution is 14.0. The number of aliphatic hydroxyl groups is 3. The molecule has 83 heavy (non-hydrogen) atoms. The summed E-state index contributed by atoms with van der Waals surface area (Å²) in [6, 6.07) is 17.5. The molecule has 0 amide bonds. The molecule has 5 aromatic rings. The maximum absolute atomic E-state index is 13.8. The number of aromatic nitrogens is 2. The quantitative estimate of drug-likeness (QED) is 0.0537. The molecule has 0 saturated heterocycles. The first-order valence-corrected chi connectivity index (χ1v) is 29.7. The molecule has 0 bridgehead atoms. The summed E-state index contributed by atoms with van der Waals surface area (Å²) >= 11 is 1.53. The Morgan fingerprint density at radius 2 is 1.13 bits per heavy atom. The Kier molecular flexibility index (Phi) is 17.2. The summed E-state index contributed by atoms with van der Waals surface area (Å²) in [6.07, 6.45) is 8.25. The molecular formula is C64H77IN2O15S. The summed E-state index contributed by atoms with van der Waals surface area (Å²) in [5, 5.41) is 35.6. The maximum atomic E-state index is 13.8. The average Bonchev–Trinajstić information content (AvgIpc) is 2.65. The predicted molar refractivity (Wildman–Crippen MR) is 319 cm³/mol. The van der Waals surface area contributed by atoms with Gasteiger partial charge in [-0.1, -0.05) is 47.6 Å². The Morgan fingerprint density at radius 1 is 0.663 bits per heavy atom. The van der Waals surface area contributed by atoms with E-state index in [0.29, 0.717) is 29.5 Å². The molecule has 11 rings (SSSR count). The number of esters is 3. The van der Waals surface area contributed by atoms with Crippen LogP contribution in [-0.2, 0) is 23.8 Å². The molecule has 6 aliphatic rings. The van der Waals surface area contributed by atoms with Crippen molar-refractivity contribution in [1.82, 2.24) is 9.97 Å². The lowest BCUT2D eigenvalue weighted by molar-refractivity contribution is -0.257. The second kappa shape index (κ2) is 23.0. The van der Waals surface area contributed by atoms with Crippen LogP contribution in [0.2, 0.25) is 0 Å². The number of benzene rings is 1. The molecule has 0 radical (unpaired) electrons. The number of carbonyl (C=O) groups is 3. The number of halogens is 1. The first kappa shape index (κ1) is 61.9. The third-order valence-electron chi connectivity index (χ3n) is 20.9. The average molecular weight is 1270 g/mol. The molecule has 446 valence electrons. The lowest BCUT2D eigenvalue weighted by Gasteiger charge is -2.66. The zero-order valence-corrected chi connectivity index (χ0v) is 52.1. The second-order valence-corrected chi connectivity index (χ2v) is 26.3. The van der Waals surface area contributed by atoms with Crippen LogP contribution in [0.3, 0.4) is 0 Å². The largest absolute Gasteiger partial charge is 0.484 e. The van der Waals surface area contributed by atoms with E-state index in [2.05, 4.69) is 51.5 Å². The van der Waals surface area contributed by atoms with Crippen molar-refractivity contribution in [3.8, 4) is 34.1 Å². The number of nitrogens with zero attached hydrogens (tertiary/aromatic N) is 2. The standard InChI is InChI=1S/C36H41NO8S.C28H35NO7.HI/c1-20-12-13-34(3)27(35(20,4)19-42-21(2)38)17-28(44-32(40)22-9-7-11-24(15-22)46-6)36(5)31(34)30(39)29-26(45-36)16-25(43-33(29)41)23-10-8-14-37-18-23;1-15-8-9-26(3)20(27(15,4)14-34-16(2)30)12-21(31)28(5)24(26)23(32)22-19(36-28)11-18(35-25(22)33)17-7-6-10-29-13-17;/h7-11,14-16,18,20,27-28,30-31,39H,12-13,17,19H2,1-6H3;6-7,10-11,13,15,20-21,23-24,31-32H,8-9,12,14H2,1-5H3;1H/t20-,27?,28-,30-,31?,34-,35-,36+;15-,20?,21-,23-,24?,26-,27-,28+;/m00./s1. The molecule has 4 aliphatic carbocycles. The van der Waals surface area contributed by atoms with Gasteiger partial charge in [0, 0.05) is 89.5 Å². The summed E-state index contributed by atoms with van der Waals surface area (Å²) in [5.74, 6) is -1.26. The van der Waals surface area contributed by atoms with Crippen LogP contribution in [0.25, 0.3) is 22.6 Å². The van der Waals surface area contributed by atoms with Gasteiger partial charge in [0.2, 0.25) is 0 Å². The van der Waals surface area contributed by atoms with E-state index in [1.807, 2.05) is 32.2 Å². The van der Waals surface area contributed by atoms with Gasteiger partial charge in [0.05, 0.1) is 37.1 Å². The van der Waals surface area contributed by atoms with Crippen LogP contribution < -0.4 is 20.7 Å². The van der Waals surface area contributed by atoms with Gasteiger partial charge < -0.3 is 47.8 Å². The first-order valence-electron chi connectivity index (χ1n) is 28.4. The van der Waals surface area contributed by atoms with Gasteiger partial charge in [-0.15, -0.1) is 35.7 Å². The summed E-state index contributed by atoms with van der Waals surface area (Å²) in [5.41, 5.74) is -3.92. The van der Waals surface area contributed by atoms with E-state index < -0.39 is 86.3 Å². The monoisotopic (exact) mass is 1270 g/mol. The van der Waals surface area contributed by atoms with Gasteiger partial charge in [-0.05, 0) is 136 Å². The molecule has 4 saturated carbocycles. The number of hydrogen-bond donors (Lipinski definition) is 3. The molecule has 6 heterocycles. The Bertz CT molecular complexity index is 3380. The number of carbonyl (C=O) groups excluding carboxylic acids is 3. The highest BCUT2D eigenvalue weighted by Gasteiger charge is 2.71. The number of thioether (sulfide) groups is 1. The molecule has 3 N–H and O–H groups in total. The minimum absolute atomic E-state index is 0.